The molecule has 1 heterocycles. The Hall–Kier alpha value is -0.900. The van der Waals surface area contributed by atoms with E-state index in [4.69, 9.17) is 10.6 Å². The molecule has 1 aromatic carbocycles. The molecular weight excluding hydrogens is 212 g/mol. The van der Waals surface area contributed by atoms with Crippen LogP contribution in [0.25, 0.3) is 0 Å². The zero-order chi connectivity index (χ0) is 12.5. The summed E-state index contributed by atoms with van der Waals surface area (Å²) in [5.41, 5.74) is 6.55. The number of nitrogens with one attached hydrogen (secondary N) is 1. The van der Waals surface area contributed by atoms with E-state index in [0.717, 1.165) is 19.4 Å². The maximum atomic E-state index is 5.88. The molecule has 3 heteroatoms. The number of hydrogen-bond donors (Lipinski definition) is 2. The van der Waals surface area contributed by atoms with Gasteiger partial charge in [-0.05, 0) is 50.3 Å². The number of hydrazine groups is 1. The number of rotatable bonds is 3. The van der Waals surface area contributed by atoms with Crippen LogP contribution in [0.15, 0.2) is 18.2 Å². The third-order valence-corrected chi connectivity index (χ3v) is 3.89. The fourth-order valence-electron chi connectivity index (χ4n) is 2.60. The minimum atomic E-state index is -0.184. The van der Waals surface area contributed by atoms with Crippen LogP contribution in [0, 0.1) is 13.8 Å². The molecule has 2 atom stereocenters. The summed E-state index contributed by atoms with van der Waals surface area (Å²) in [6.45, 7) is 7.22. The fraction of sp³-hybridized carbons (Fsp3) is 0.571. The number of ether oxygens (including phenoxy) is 1. The highest BCUT2D eigenvalue weighted by Gasteiger charge is 2.38. The van der Waals surface area contributed by atoms with Gasteiger partial charge >= 0.3 is 0 Å². The molecule has 0 amide bonds. The second-order valence-electron chi connectivity index (χ2n) is 5.21. The van der Waals surface area contributed by atoms with Gasteiger partial charge in [0, 0.05) is 6.61 Å². The first-order valence-corrected chi connectivity index (χ1v) is 6.24. The summed E-state index contributed by atoms with van der Waals surface area (Å²) in [7, 11) is 0. The van der Waals surface area contributed by atoms with Gasteiger partial charge in [0.25, 0.3) is 0 Å². The van der Waals surface area contributed by atoms with Crippen molar-refractivity contribution in [2.45, 2.75) is 45.3 Å². The molecule has 17 heavy (non-hydrogen) atoms. The van der Waals surface area contributed by atoms with Gasteiger partial charge in [0.05, 0.1) is 11.6 Å². The van der Waals surface area contributed by atoms with E-state index in [9.17, 15) is 0 Å². The molecule has 2 rings (SSSR count). The van der Waals surface area contributed by atoms with Gasteiger partial charge in [-0.25, -0.2) is 0 Å². The van der Waals surface area contributed by atoms with Gasteiger partial charge in [0.15, 0.2) is 0 Å². The number of aryl methyl sites for hydroxylation is 2. The van der Waals surface area contributed by atoms with Crippen LogP contribution in [-0.4, -0.2) is 12.2 Å². The molecule has 0 saturated carbocycles. The molecule has 1 aromatic rings. The predicted octanol–water partition coefficient (Wildman–Crippen LogP) is 2.38. The molecule has 2 unspecified atom stereocenters. The summed E-state index contributed by atoms with van der Waals surface area (Å²) in [5, 5.41) is 0. The molecule has 0 bridgehead atoms. The quantitative estimate of drug-likeness (QED) is 0.623. The lowest BCUT2D eigenvalue weighted by Crippen LogP contribution is -2.44. The Balaban J connectivity index is 2.31. The summed E-state index contributed by atoms with van der Waals surface area (Å²) in [4.78, 5) is 0. The molecule has 0 aromatic heterocycles. The Kier molecular flexibility index (Phi) is 3.52. The molecule has 1 fully saturated rings. The minimum absolute atomic E-state index is 0.0595. The largest absolute Gasteiger partial charge is 0.373 e. The highest BCUT2D eigenvalue weighted by molar-refractivity contribution is 5.33. The maximum absolute atomic E-state index is 5.88. The van der Waals surface area contributed by atoms with Gasteiger partial charge in [-0.2, -0.15) is 0 Å². The minimum Gasteiger partial charge on any atom is -0.373 e. The van der Waals surface area contributed by atoms with Gasteiger partial charge in [-0.1, -0.05) is 18.2 Å². The molecule has 1 aliphatic rings. The van der Waals surface area contributed by atoms with Crippen molar-refractivity contribution < 1.29 is 4.74 Å². The van der Waals surface area contributed by atoms with Crippen molar-refractivity contribution in [3.05, 3.63) is 34.9 Å². The van der Waals surface area contributed by atoms with Crippen LogP contribution in [-0.2, 0) is 4.74 Å². The molecule has 1 aliphatic heterocycles. The topological polar surface area (TPSA) is 47.3 Å². The van der Waals surface area contributed by atoms with Crippen LogP contribution in [0.2, 0.25) is 0 Å². The van der Waals surface area contributed by atoms with Crippen molar-refractivity contribution in [3.8, 4) is 0 Å². The summed E-state index contributed by atoms with van der Waals surface area (Å²) >= 11 is 0. The van der Waals surface area contributed by atoms with Crippen molar-refractivity contribution in [2.75, 3.05) is 6.61 Å². The van der Waals surface area contributed by atoms with E-state index < -0.39 is 0 Å². The average Bonchev–Trinajstić information content (AvgIpc) is 2.72. The fourth-order valence-corrected chi connectivity index (χ4v) is 2.60. The van der Waals surface area contributed by atoms with Crippen molar-refractivity contribution in [2.24, 2.45) is 5.84 Å². The van der Waals surface area contributed by atoms with E-state index in [2.05, 4.69) is 44.4 Å². The smallest absolute Gasteiger partial charge is 0.0862 e. The first kappa shape index (κ1) is 12.6. The first-order chi connectivity index (χ1) is 8.07. The van der Waals surface area contributed by atoms with Gasteiger partial charge in [0.2, 0.25) is 0 Å². The first-order valence-electron chi connectivity index (χ1n) is 6.24. The van der Waals surface area contributed by atoms with Gasteiger partial charge < -0.3 is 4.74 Å². The lowest BCUT2D eigenvalue weighted by atomic mass is 9.87. The van der Waals surface area contributed by atoms with Gasteiger partial charge in [-0.15, -0.1) is 0 Å². The molecule has 0 aliphatic carbocycles. The summed E-state index contributed by atoms with van der Waals surface area (Å²) in [5.74, 6) is 5.73. The third-order valence-electron chi connectivity index (χ3n) is 3.89. The Bertz CT molecular complexity index is 397. The molecule has 3 N–H and O–H groups in total. The maximum Gasteiger partial charge on any atom is 0.0862 e. The molecule has 3 nitrogen and oxygen atoms in total. The zero-order valence-electron chi connectivity index (χ0n) is 10.9. The van der Waals surface area contributed by atoms with E-state index in [1.165, 1.54) is 16.7 Å². The van der Waals surface area contributed by atoms with Crippen molar-refractivity contribution in [1.29, 1.82) is 0 Å². The second kappa shape index (κ2) is 4.77. The molecule has 94 valence electrons. The van der Waals surface area contributed by atoms with Crippen LogP contribution < -0.4 is 11.3 Å². The third kappa shape index (κ3) is 2.37. The Morgan fingerprint density at radius 1 is 1.35 bits per heavy atom. The van der Waals surface area contributed by atoms with Crippen LogP contribution in [0.4, 0.5) is 0 Å². The van der Waals surface area contributed by atoms with Crippen molar-refractivity contribution in [1.82, 2.24) is 5.43 Å². The van der Waals surface area contributed by atoms with Crippen LogP contribution in [0.5, 0.6) is 0 Å². The van der Waals surface area contributed by atoms with Crippen LogP contribution in [0.1, 0.15) is 42.5 Å². The SMILES string of the molecule is Cc1ccc(C(NN)C2(C)CCCO2)cc1C. The van der Waals surface area contributed by atoms with Crippen molar-refractivity contribution >= 4 is 0 Å². The molecule has 0 spiro atoms. The van der Waals surface area contributed by atoms with E-state index >= 15 is 0 Å². The van der Waals surface area contributed by atoms with E-state index in [-0.39, 0.29) is 11.6 Å². The predicted molar refractivity (Wildman–Crippen MR) is 69.6 cm³/mol. The monoisotopic (exact) mass is 234 g/mol. The summed E-state index contributed by atoms with van der Waals surface area (Å²) in [6.07, 6.45) is 2.16. The average molecular weight is 234 g/mol. The van der Waals surface area contributed by atoms with E-state index in [1.54, 1.807) is 0 Å². The normalized spacial score (nSPS) is 26.1. The van der Waals surface area contributed by atoms with Crippen molar-refractivity contribution in [3.63, 3.8) is 0 Å². The zero-order valence-corrected chi connectivity index (χ0v) is 10.9. The molecule has 1 saturated heterocycles. The Morgan fingerprint density at radius 2 is 2.12 bits per heavy atom. The van der Waals surface area contributed by atoms with Crippen LogP contribution >= 0.6 is 0 Å². The van der Waals surface area contributed by atoms with Gasteiger partial charge in [-0.3, -0.25) is 11.3 Å². The number of hydrogen-bond acceptors (Lipinski definition) is 3. The summed E-state index contributed by atoms with van der Waals surface area (Å²) in [6, 6.07) is 6.55. The van der Waals surface area contributed by atoms with E-state index in [1.807, 2.05) is 0 Å². The van der Waals surface area contributed by atoms with E-state index in [0.29, 0.717) is 0 Å². The highest BCUT2D eigenvalue weighted by Crippen LogP contribution is 2.37. The number of benzene rings is 1. The standard InChI is InChI=1S/C14H22N2O/c1-10-5-6-12(9-11(10)2)13(16-15)14(3)7-4-8-17-14/h5-6,9,13,16H,4,7-8,15H2,1-3H3. The summed E-state index contributed by atoms with van der Waals surface area (Å²) < 4.78 is 5.88. The molecule has 0 radical (unpaired) electrons. The number of nitrogens with two attached hydrogens (primary N) is 1. The highest BCUT2D eigenvalue weighted by atomic mass is 16.5. The lowest BCUT2D eigenvalue weighted by Gasteiger charge is -2.33. The van der Waals surface area contributed by atoms with Crippen LogP contribution in [0.3, 0.4) is 0 Å². The molecular formula is C14H22N2O. The lowest BCUT2D eigenvalue weighted by molar-refractivity contribution is -0.0125. The second-order valence-corrected chi connectivity index (χ2v) is 5.21. The Labute approximate surface area is 103 Å². The Morgan fingerprint density at radius 3 is 2.65 bits per heavy atom. The van der Waals surface area contributed by atoms with Gasteiger partial charge in [0.1, 0.15) is 0 Å².